The van der Waals surface area contributed by atoms with Crippen molar-refractivity contribution in [2.24, 2.45) is 5.73 Å². The van der Waals surface area contributed by atoms with Crippen LogP contribution >= 0.6 is 12.2 Å². The predicted molar refractivity (Wildman–Crippen MR) is 76.0 cm³/mol. The van der Waals surface area contributed by atoms with Gasteiger partial charge in [-0.2, -0.15) is 0 Å². The fraction of sp³-hybridized carbons (Fsp3) is 0.385. The Balaban J connectivity index is 2.79. The summed E-state index contributed by atoms with van der Waals surface area (Å²) >= 11 is 4.80. The topological polar surface area (TPSA) is 55.6 Å². The van der Waals surface area contributed by atoms with Gasteiger partial charge in [-0.05, 0) is 19.1 Å². The third-order valence-corrected chi connectivity index (χ3v) is 2.66. The monoisotopic (exact) mass is 266 g/mol. The zero-order valence-electron chi connectivity index (χ0n) is 10.7. The van der Waals surface area contributed by atoms with Crippen molar-refractivity contribution in [1.82, 2.24) is 4.90 Å². The second-order valence-electron chi connectivity index (χ2n) is 3.87. The van der Waals surface area contributed by atoms with Crippen molar-refractivity contribution in [2.75, 3.05) is 20.2 Å². The van der Waals surface area contributed by atoms with Crippen LogP contribution in [0.3, 0.4) is 0 Å². The van der Waals surface area contributed by atoms with E-state index in [1.165, 1.54) is 0 Å². The molecule has 0 unspecified atom stereocenters. The van der Waals surface area contributed by atoms with E-state index in [0.717, 1.165) is 0 Å². The molecule has 0 radical (unpaired) electrons. The lowest BCUT2D eigenvalue weighted by Crippen LogP contribution is -2.30. The molecule has 0 aromatic heterocycles. The minimum atomic E-state index is -0.0877. The highest BCUT2D eigenvalue weighted by Gasteiger charge is 2.16. The Morgan fingerprint density at radius 1 is 1.44 bits per heavy atom. The van der Waals surface area contributed by atoms with Crippen molar-refractivity contribution >= 4 is 23.1 Å². The SMILES string of the molecule is CCOc1ccccc1C(=O)N(C)CCC(N)=S. The van der Waals surface area contributed by atoms with E-state index in [1.807, 2.05) is 19.1 Å². The van der Waals surface area contributed by atoms with Crippen molar-refractivity contribution in [3.05, 3.63) is 29.8 Å². The number of hydrogen-bond acceptors (Lipinski definition) is 3. The molecule has 1 aromatic rings. The molecule has 1 rings (SSSR count). The average molecular weight is 266 g/mol. The maximum absolute atomic E-state index is 12.2. The van der Waals surface area contributed by atoms with Gasteiger partial charge in [0.05, 0.1) is 17.2 Å². The first-order valence-corrected chi connectivity index (χ1v) is 6.22. The minimum Gasteiger partial charge on any atom is -0.493 e. The summed E-state index contributed by atoms with van der Waals surface area (Å²) in [6.45, 7) is 2.92. The number of thiocarbonyl (C=S) groups is 1. The molecule has 0 aliphatic heterocycles. The van der Waals surface area contributed by atoms with Gasteiger partial charge in [0, 0.05) is 20.0 Å². The maximum atomic E-state index is 12.2. The third kappa shape index (κ3) is 4.00. The molecule has 0 heterocycles. The van der Waals surface area contributed by atoms with E-state index in [0.29, 0.717) is 35.9 Å². The van der Waals surface area contributed by atoms with Crippen molar-refractivity contribution in [3.8, 4) is 5.75 Å². The van der Waals surface area contributed by atoms with Gasteiger partial charge in [0.1, 0.15) is 5.75 Å². The van der Waals surface area contributed by atoms with Gasteiger partial charge in [-0.1, -0.05) is 24.4 Å². The fourth-order valence-corrected chi connectivity index (χ4v) is 1.60. The first kappa shape index (κ1) is 14.4. The van der Waals surface area contributed by atoms with Gasteiger partial charge in [-0.3, -0.25) is 4.79 Å². The molecule has 98 valence electrons. The zero-order chi connectivity index (χ0) is 13.5. The first-order chi connectivity index (χ1) is 8.56. The molecule has 4 nitrogen and oxygen atoms in total. The lowest BCUT2D eigenvalue weighted by Gasteiger charge is -2.18. The normalized spacial score (nSPS) is 9.89. The van der Waals surface area contributed by atoms with Gasteiger partial charge < -0.3 is 15.4 Å². The molecule has 5 heteroatoms. The third-order valence-electron chi connectivity index (χ3n) is 2.46. The van der Waals surface area contributed by atoms with E-state index in [4.69, 9.17) is 22.7 Å². The lowest BCUT2D eigenvalue weighted by molar-refractivity contribution is 0.0795. The van der Waals surface area contributed by atoms with Crippen molar-refractivity contribution in [1.29, 1.82) is 0 Å². The van der Waals surface area contributed by atoms with Crippen molar-refractivity contribution in [3.63, 3.8) is 0 Å². The van der Waals surface area contributed by atoms with E-state index in [9.17, 15) is 4.79 Å². The Bertz CT molecular complexity index is 435. The molecule has 1 aromatic carbocycles. The Kier molecular flexibility index (Phi) is 5.58. The van der Waals surface area contributed by atoms with Gasteiger partial charge in [-0.25, -0.2) is 0 Å². The van der Waals surface area contributed by atoms with Crippen LogP contribution in [-0.4, -0.2) is 36.0 Å². The molecule has 0 aliphatic rings. The van der Waals surface area contributed by atoms with Crippen LogP contribution in [-0.2, 0) is 0 Å². The maximum Gasteiger partial charge on any atom is 0.257 e. The number of rotatable bonds is 6. The molecule has 0 atom stereocenters. The summed E-state index contributed by atoms with van der Waals surface area (Å²) in [5.41, 5.74) is 5.99. The molecule has 0 fully saturated rings. The number of amides is 1. The van der Waals surface area contributed by atoms with Crippen LogP contribution in [0, 0.1) is 0 Å². The smallest absolute Gasteiger partial charge is 0.257 e. The van der Waals surface area contributed by atoms with E-state index in [-0.39, 0.29) is 5.91 Å². The summed E-state index contributed by atoms with van der Waals surface area (Å²) < 4.78 is 5.44. The second-order valence-corrected chi connectivity index (χ2v) is 4.40. The lowest BCUT2D eigenvalue weighted by atomic mass is 10.1. The summed E-state index contributed by atoms with van der Waals surface area (Å²) in [5.74, 6) is 0.516. The number of hydrogen-bond donors (Lipinski definition) is 1. The fourth-order valence-electron chi connectivity index (χ4n) is 1.51. The van der Waals surface area contributed by atoms with E-state index in [2.05, 4.69) is 0 Å². The molecule has 0 saturated heterocycles. The van der Waals surface area contributed by atoms with Crippen LogP contribution in [0.15, 0.2) is 24.3 Å². The van der Waals surface area contributed by atoms with Gasteiger partial charge >= 0.3 is 0 Å². The van der Waals surface area contributed by atoms with Crippen molar-refractivity contribution in [2.45, 2.75) is 13.3 Å². The molecule has 2 N–H and O–H groups in total. The molecule has 0 bridgehead atoms. The number of nitrogens with two attached hydrogens (primary N) is 1. The second kappa shape index (κ2) is 6.96. The van der Waals surface area contributed by atoms with Crippen LogP contribution in [0.1, 0.15) is 23.7 Å². The Morgan fingerprint density at radius 3 is 2.72 bits per heavy atom. The zero-order valence-corrected chi connectivity index (χ0v) is 11.5. The van der Waals surface area contributed by atoms with Gasteiger partial charge in [-0.15, -0.1) is 0 Å². The Labute approximate surface area is 113 Å². The minimum absolute atomic E-state index is 0.0877. The number of para-hydroxylation sites is 1. The number of ether oxygens (including phenoxy) is 1. The highest BCUT2D eigenvalue weighted by Crippen LogP contribution is 2.19. The summed E-state index contributed by atoms with van der Waals surface area (Å²) in [4.78, 5) is 14.2. The van der Waals surface area contributed by atoms with Crippen LogP contribution in [0.2, 0.25) is 0 Å². The van der Waals surface area contributed by atoms with Crippen LogP contribution in [0.5, 0.6) is 5.75 Å². The van der Waals surface area contributed by atoms with Crippen LogP contribution in [0.4, 0.5) is 0 Å². The quantitative estimate of drug-likeness (QED) is 0.798. The molecule has 0 spiro atoms. The number of carbonyl (C=O) groups excluding carboxylic acids is 1. The van der Waals surface area contributed by atoms with E-state index in [1.54, 1.807) is 24.1 Å². The van der Waals surface area contributed by atoms with Crippen LogP contribution in [0.25, 0.3) is 0 Å². The Morgan fingerprint density at radius 2 is 2.11 bits per heavy atom. The molecular formula is C13H18N2O2S. The summed E-state index contributed by atoms with van der Waals surface area (Å²) in [6.07, 6.45) is 0.522. The van der Waals surface area contributed by atoms with Crippen LogP contribution < -0.4 is 10.5 Å². The highest BCUT2D eigenvalue weighted by molar-refractivity contribution is 7.80. The van der Waals surface area contributed by atoms with Gasteiger partial charge in [0.15, 0.2) is 0 Å². The van der Waals surface area contributed by atoms with Crippen molar-refractivity contribution < 1.29 is 9.53 Å². The van der Waals surface area contributed by atoms with Gasteiger partial charge in [0.25, 0.3) is 5.91 Å². The average Bonchev–Trinajstić information content (AvgIpc) is 2.36. The molecule has 1 amide bonds. The molecule has 0 aliphatic carbocycles. The highest BCUT2D eigenvalue weighted by atomic mass is 32.1. The standard InChI is InChI=1S/C13H18N2O2S/c1-3-17-11-7-5-4-6-10(11)13(16)15(2)9-8-12(14)18/h4-7H,3,8-9H2,1-2H3,(H2,14,18). The molecule has 18 heavy (non-hydrogen) atoms. The summed E-state index contributed by atoms with van der Waals surface area (Å²) in [5, 5.41) is 0. The largest absolute Gasteiger partial charge is 0.493 e. The van der Waals surface area contributed by atoms with E-state index < -0.39 is 0 Å². The Hall–Kier alpha value is -1.62. The molecule has 0 saturated carbocycles. The number of carbonyl (C=O) groups is 1. The first-order valence-electron chi connectivity index (χ1n) is 5.81. The van der Waals surface area contributed by atoms with E-state index >= 15 is 0 Å². The molecular weight excluding hydrogens is 248 g/mol. The summed E-state index contributed by atoms with van der Waals surface area (Å²) in [6, 6.07) is 7.21. The predicted octanol–water partition coefficient (Wildman–Crippen LogP) is 1.83. The number of nitrogens with zero attached hydrogens (tertiary/aromatic N) is 1. The van der Waals surface area contributed by atoms with Gasteiger partial charge in [0.2, 0.25) is 0 Å². The summed E-state index contributed by atoms with van der Waals surface area (Å²) in [7, 11) is 1.73. The number of benzene rings is 1.